The fourth-order valence-corrected chi connectivity index (χ4v) is 1.34. The molecule has 1 aromatic heterocycles. The number of nitrogens with zero attached hydrogens (tertiary/aromatic N) is 3. The average Bonchev–Trinajstić information content (AvgIpc) is 2.64. The fraction of sp³-hybridized carbons (Fsp3) is 0.727. The van der Waals surface area contributed by atoms with Gasteiger partial charge in [0, 0.05) is 0 Å². The topological polar surface area (TPSA) is 61.0 Å². The fourth-order valence-electron chi connectivity index (χ4n) is 1.34. The van der Waals surface area contributed by atoms with Crippen molar-refractivity contribution in [2.75, 3.05) is 0 Å². The number of rotatable bonds is 3. The Hall–Kier alpha value is -1.39. The van der Waals surface area contributed by atoms with Crippen molar-refractivity contribution in [3.05, 3.63) is 21.9 Å². The van der Waals surface area contributed by atoms with Gasteiger partial charge in [0.2, 0.25) is 0 Å². The van der Waals surface area contributed by atoms with E-state index < -0.39 is 0 Å². The van der Waals surface area contributed by atoms with Gasteiger partial charge in [-0.3, -0.25) is 0 Å². The van der Waals surface area contributed by atoms with Crippen LogP contribution >= 0.6 is 0 Å². The van der Waals surface area contributed by atoms with Crippen molar-refractivity contribution in [1.82, 2.24) is 9.78 Å². The standard InChI is InChI=1S/C9H15N3O2.C2H6/c1-6(2)8-5-10-11(7(3)4)9(8)12(13)14;1-2/h5-7H,1-4H3;1-2H3. The van der Waals surface area contributed by atoms with Gasteiger partial charge in [-0.2, -0.15) is 0 Å². The van der Waals surface area contributed by atoms with Crippen LogP contribution in [0.2, 0.25) is 0 Å². The van der Waals surface area contributed by atoms with Crippen LogP contribution < -0.4 is 0 Å². The molecule has 1 aromatic rings. The Balaban J connectivity index is 0.00000106. The van der Waals surface area contributed by atoms with Gasteiger partial charge >= 0.3 is 5.82 Å². The molecule has 5 heteroatoms. The summed E-state index contributed by atoms with van der Waals surface area (Å²) in [7, 11) is 0. The summed E-state index contributed by atoms with van der Waals surface area (Å²) in [6.45, 7) is 11.6. The molecule has 1 rings (SSSR count). The third-order valence-electron chi connectivity index (χ3n) is 2.08. The molecular formula is C11H21N3O2. The van der Waals surface area contributed by atoms with E-state index in [0.29, 0.717) is 5.56 Å². The van der Waals surface area contributed by atoms with E-state index in [1.54, 1.807) is 6.20 Å². The van der Waals surface area contributed by atoms with E-state index in [1.165, 1.54) is 4.68 Å². The molecule has 5 nitrogen and oxygen atoms in total. The number of hydrogen-bond donors (Lipinski definition) is 0. The van der Waals surface area contributed by atoms with E-state index in [0.717, 1.165) is 0 Å². The third kappa shape index (κ3) is 3.05. The van der Waals surface area contributed by atoms with Crippen LogP contribution in [0.5, 0.6) is 0 Å². The second kappa shape index (κ2) is 6.25. The largest absolute Gasteiger partial charge is 0.358 e. The lowest BCUT2D eigenvalue weighted by Gasteiger charge is -2.05. The molecule has 0 N–H and O–H groups in total. The van der Waals surface area contributed by atoms with Gasteiger partial charge < -0.3 is 10.1 Å². The minimum atomic E-state index is -0.359. The van der Waals surface area contributed by atoms with Crippen LogP contribution in [0.4, 0.5) is 5.82 Å². The lowest BCUT2D eigenvalue weighted by molar-refractivity contribution is -0.393. The minimum Gasteiger partial charge on any atom is -0.358 e. The first-order chi connectivity index (χ1) is 7.45. The molecule has 1 heterocycles. The molecule has 0 spiro atoms. The van der Waals surface area contributed by atoms with Crippen LogP contribution in [-0.2, 0) is 0 Å². The van der Waals surface area contributed by atoms with Crippen LogP contribution in [0, 0.1) is 10.1 Å². The monoisotopic (exact) mass is 227 g/mol. The van der Waals surface area contributed by atoms with Crippen molar-refractivity contribution >= 4 is 5.82 Å². The third-order valence-corrected chi connectivity index (χ3v) is 2.08. The molecule has 0 atom stereocenters. The summed E-state index contributed by atoms with van der Waals surface area (Å²) in [6, 6.07) is 0.0166. The van der Waals surface area contributed by atoms with Gasteiger partial charge in [-0.15, -0.1) is 4.68 Å². The molecule has 16 heavy (non-hydrogen) atoms. The van der Waals surface area contributed by atoms with Crippen LogP contribution in [0.15, 0.2) is 6.20 Å². The first-order valence-electron chi connectivity index (χ1n) is 5.67. The Kier molecular flexibility index (Phi) is 5.71. The van der Waals surface area contributed by atoms with E-state index in [2.05, 4.69) is 5.10 Å². The van der Waals surface area contributed by atoms with Crippen LogP contribution in [-0.4, -0.2) is 14.7 Å². The Labute approximate surface area is 96.6 Å². The highest BCUT2D eigenvalue weighted by molar-refractivity contribution is 5.34. The molecule has 0 bridgehead atoms. The number of hydrogen-bond acceptors (Lipinski definition) is 3. The maximum Gasteiger partial charge on any atom is 0.348 e. The maximum atomic E-state index is 10.9. The zero-order chi connectivity index (χ0) is 12.9. The summed E-state index contributed by atoms with van der Waals surface area (Å²) in [5, 5.41) is 14.9. The predicted molar refractivity (Wildman–Crippen MR) is 64.7 cm³/mol. The van der Waals surface area contributed by atoms with Gasteiger partial charge in [-0.25, -0.2) is 0 Å². The summed E-state index contributed by atoms with van der Waals surface area (Å²) in [5.74, 6) is 0.248. The Morgan fingerprint density at radius 3 is 2.12 bits per heavy atom. The molecule has 92 valence electrons. The predicted octanol–water partition coefficient (Wildman–Crippen LogP) is 3.52. The molecule has 0 aliphatic rings. The molecule has 0 saturated carbocycles. The van der Waals surface area contributed by atoms with E-state index in [1.807, 2.05) is 41.5 Å². The lowest BCUT2D eigenvalue weighted by Crippen LogP contribution is -2.08. The molecule has 0 aromatic carbocycles. The molecule has 0 aliphatic heterocycles. The van der Waals surface area contributed by atoms with E-state index in [9.17, 15) is 10.1 Å². The minimum absolute atomic E-state index is 0.0166. The van der Waals surface area contributed by atoms with E-state index in [4.69, 9.17) is 0 Å². The first-order valence-corrected chi connectivity index (χ1v) is 5.67. The van der Waals surface area contributed by atoms with Crippen molar-refractivity contribution in [2.45, 2.75) is 53.5 Å². The Morgan fingerprint density at radius 2 is 1.81 bits per heavy atom. The molecule has 0 aliphatic carbocycles. The number of aromatic nitrogens is 2. The SMILES string of the molecule is CC.CC(C)c1cnn(C(C)C)c1[N+](=O)[O-]. The van der Waals surface area contributed by atoms with Crippen molar-refractivity contribution in [3.63, 3.8) is 0 Å². The highest BCUT2D eigenvalue weighted by Crippen LogP contribution is 2.27. The molecule has 0 saturated heterocycles. The Bertz CT molecular complexity index is 317. The van der Waals surface area contributed by atoms with Crippen LogP contribution in [0.3, 0.4) is 0 Å². The first kappa shape index (κ1) is 14.6. The Morgan fingerprint density at radius 1 is 1.31 bits per heavy atom. The number of nitro groups is 1. The van der Waals surface area contributed by atoms with Gasteiger partial charge in [-0.05, 0) is 24.7 Å². The average molecular weight is 227 g/mol. The molecule has 0 fully saturated rings. The highest BCUT2D eigenvalue weighted by Gasteiger charge is 2.25. The van der Waals surface area contributed by atoms with E-state index >= 15 is 0 Å². The second-order valence-corrected chi connectivity index (χ2v) is 3.87. The smallest absolute Gasteiger partial charge is 0.348 e. The molecule has 0 unspecified atom stereocenters. The van der Waals surface area contributed by atoms with E-state index in [-0.39, 0.29) is 22.7 Å². The summed E-state index contributed by atoms with van der Waals surface area (Å²) in [6.07, 6.45) is 1.59. The van der Waals surface area contributed by atoms with Crippen LogP contribution in [0.1, 0.15) is 59.1 Å². The quantitative estimate of drug-likeness (QED) is 0.586. The summed E-state index contributed by atoms with van der Waals surface area (Å²) in [4.78, 5) is 10.5. The van der Waals surface area contributed by atoms with Crippen LogP contribution in [0.25, 0.3) is 0 Å². The van der Waals surface area contributed by atoms with Gasteiger partial charge in [0.1, 0.15) is 6.04 Å². The zero-order valence-corrected chi connectivity index (χ0v) is 10.9. The lowest BCUT2D eigenvalue weighted by atomic mass is 10.1. The van der Waals surface area contributed by atoms with Gasteiger partial charge in [0.15, 0.2) is 0 Å². The maximum absolute atomic E-state index is 10.9. The molecular weight excluding hydrogens is 206 g/mol. The zero-order valence-electron chi connectivity index (χ0n) is 10.9. The van der Waals surface area contributed by atoms with Gasteiger partial charge in [0.05, 0.1) is 11.8 Å². The van der Waals surface area contributed by atoms with Crippen molar-refractivity contribution in [1.29, 1.82) is 0 Å². The molecule has 0 radical (unpaired) electrons. The normalized spacial score (nSPS) is 10.2. The van der Waals surface area contributed by atoms with Gasteiger partial charge in [-0.1, -0.05) is 32.8 Å². The van der Waals surface area contributed by atoms with Gasteiger partial charge in [0.25, 0.3) is 0 Å². The summed E-state index contributed by atoms with van der Waals surface area (Å²) < 4.78 is 1.45. The summed E-state index contributed by atoms with van der Waals surface area (Å²) >= 11 is 0. The highest BCUT2D eigenvalue weighted by atomic mass is 16.6. The van der Waals surface area contributed by atoms with Crippen molar-refractivity contribution < 1.29 is 4.92 Å². The second-order valence-electron chi connectivity index (χ2n) is 3.87. The van der Waals surface area contributed by atoms with Crippen molar-refractivity contribution in [3.8, 4) is 0 Å². The summed E-state index contributed by atoms with van der Waals surface area (Å²) in [5.41, 5.74) is 0.698. The molecule has 0 amide bonds. The van der Waals surface area contributed by atoms with Crippen molar-refractivity contribution in [2.24, 2.45) is 0 Å².